The molecule has 0 radical (unpaired) electrons. The van der Waals surface area contributed by atoms with Crippen LogP contribution in [0.5, 0.6) is 0 Å². The van der Waals surface area contributed by atoms with E-state index in [0.717, 1.165) is 25.0 Å². The van der Waals surface area contributed by atoms with Crippen LogP contribution in [0.3, 0.4) is 0 Å². The second kappa shape index (κ2) is 7.01. The molecule has 1 aromatic carbocycles. The van der Waals surface area contributed by atoms with E-state index in [1.165, 1.54) is 6.07 Å². The van der Waals surface area contributed by atoms with Crippen LogP contribution >= 0.6 is 0 Å². The summed E-state index contributed by atoms with van der Waals surface area (Å²) < 4.78 is 44.3. The molecule has 2 N–H and O–H groups in total. The molecule has 0 bridgehead atoms. The number of hydrogen-bond donors (Lipinski definition) is 2. The Balaban J connectivity index is 1.81. The van der Waals surface area contributed by atoms with Crippen LogP contribution in [0.4, 0.5) is 18.0 Å². The van der Waals surface area contributed by atoms with Gasteiger partial charge in [-0.25, -0.2) is 4.79 Å². The van der Waals surface area contributed by atoms with Crippen molar-refractivity contribution in [2.75, 3.05) is 13.2 Å². The summed E-state index contributed by atoms with van der Waals surface area (Å²) in [6, 6.07) is 4.66. The van der Waals surface area contributed by atoms with Gasteiger partial charge < -0.3 is 15.4 Å². The average molecular weight is 342 g/mol. The minimum absolute atomic E-state index is 0.0622. The van der Waals surface area contributed by atoms with Crippen LogP contribution < -0.4 is 10.6 Å². The number of carbonyl (C=O) groups excluding carboxylic acids is 1. The largest absolute Gasteiger partial charge is 0.416 e. The van der Waals surface area contributed by atoms with Crippen LogP contribution in [0.1, 0.15) is 42.9 Å². The van der Waals surface area contributed by atoms with Crippen LogP contribution in [0.2, 0.25) is 0 Å². The van der Waals surface area contributed by atoms with Gasteiger partial charge in [-0.05, 0) is 49.3 Å². The molecule has 3 rings (SSSR count). The summed E-state index contributed by atoms with van der Waals surface area (Å²) in [6.07, 6.45) is -1.06. The van der Waals surface area contributed by atoms with Crippen LogP contribution in [-0.2, 0) is 10.9 Å². The van der Waals surface area contributed by atoms with Crippen molar-refractivity contribution in [2.45, 2.75) is 43.9 Å². The average Bonchev–Trinajstić information content (AvgIpc) is 3.37. The van der Waals surface area contributed by atoms with Crippen LogP contribution in [0, 0.1) is 5.92 Å². The minimum atomic E-state index is -4.40. The number of amides is 2. The van der Waals surface area contributed by atoms with Crippen molar-refractivity contribution in [1.82, 2.24) is 10.6 Å². The normalized spacial score (nSPS) is 20.5. The molecule has 1 aliphatic carbocycles. The van der Waals surface area contributed by atoms with Gasteiger partial charge in [0.25, 0.3) is 0 Å². The van der Waals surface area contributed by atoms with Crippen molar-refractivity contribution < 1.29 is 22.7 Å². The first-order chi connectivity index (χ1) is 11.4. The molecule has 1 saturated heterocycles. The Bertz CT molecular complexity index is 581. The number of rotatable bonds is 4. The summed E-state index contributed by atoms with van der Waals surface area (Å²) in [4.78, 5) is 12.1. The molecule has 7 heteroatoms. The number of hydrogen-bond acceptors (Lipinski definition) is 2. The zero-order chi connectivity index (χ0) is 17.2. The van der Waals surface area contributed by atoms with E-state index in [1.807, 2.05) is 0 Å². The third kappa shape index (κ3) is 4.41. The Morgan fingerprint density at radius 2 is 1.88 bits per heavy atom. The van der Waals surface area contributed by atoms with Gasteiger partial charge in [0.2, 0.25) is 0 Å². The molecule has 132 valence electrons. The number of alkyl halides is 3. The quantitative estimate of drug-likeness (QED) is 0.878. The molecule has 24 heavy (non-hydrogen) atoms. The molecule has 4 nitrogen and oxygen atoms in total. The molecular weight excluding hydrogens is 321 g/mol. The molecule has 2 amide bonds. The second-order valence-electron chi connectivity index (χ2n) is 6.44. The smallest absolute Gasteiger partial charge is 0.381 e. The van der Waals surface area contributed by atoms with Crippen molar-refractivity contribution in [3.8, 4) is 0 Å². The van der Waals surface area contributed by atoms with Crippen molar-refractivity contribution in [3.63, 3.8) is 0 Å². The molecular formula is C17H21F3N2O2. The fourth-order valence-electron chi connectivity index (χ4n) is 3.03. The topological polar surface area (TPSA) is 50.4 Å². The van der Waals surface area contributed by atoms with E-state index in [9.17, 15) is 18.0 Å². The van der Waals surface area contributed by atoms with E-state index in [-0.39, 0.29) is 18.0 Å². The number of halogens is 3. The van der Waals surface area contributed by atoms with Crippen molar-refractivity contribution in [3.05, 3.63) is 35.4 Å². The Labute approximate surface area is 138 Å². The van der Waals surface area contributed by atoms with Gasteiger partial charge in [-0.2, -0.15) is 13.2 Å². The lowest BCUT2D eigenvalue weighted by molar-refractivity contribution is -0.137. The highest BCUT2D eigenvalue weighted by molar-refractivity contribution is 5.75. The molecule has 0 aromatic heterocycles. The zero-order valence-electron chi connectivity index (χ0n) is 13.2. The molecule has 1 atom stereocenters. The molecule has 0 spiro atoms. The first-order valence-electron chi connectivity index (χ1n) is 8.25. The van der Waals surface area contributed by atoms with Crippen LogP contribution in [-0.4, -0.2) is 25.3 Å². The van der Waals surface area contributed by atoms with Crippen LogP contribution in [0.15, 0.2) is 24.3 Å². The molecule has 1 aromatic rings. The molecule has 1 heterocycles. The summed E-state index contributed by atoms with van der Waals surface area (Å²) in [5.74, 6) is 0.0622. The van der Waals surface area contributed by atoms with Gasteiger partial charge >= 0.3 is 12.2 Å². The highest BCUT2D eigenvalue weighted by atomic mass is 19.4. The van der Waals surface area contributed by atoms with Crippen molar-refractivity contribution >= 4 is 6.03 Å². The molecule has 2 aliphatic rings. The Morgan fingerprint density at radius 3 is 2.50 bits per heavy atom. The van der Waals surface area contributed by atoms with Gasteiger partial charge in [0.05, 0.1) is 11.6 Å². The van der Waals surface area contributed by atoms with Gasteiger partial charge in [0.15, 0.2) is 0 Å². The number of urea groups is 1. The standard InChI is InChI=1S/C17H21F3N2O2/c18-17(19,20)13-3-1-2-12(10-13)15(11-6-8-24-9-7-11)22-16(23)21-14-4-5-14/h1-3,10-11,14-15H,4-9H2,(H2,21,22,23)/t15-/m1/s1. The summed E-state index contributed by atoms with van der Waals surface area (Å²) >= 11 is 0. The van der Waals surface area contributed by atoms with Gasteiger partial charge in [-0.1, -0.05) is 12.1 Å². The Morgan fingerprint density at radius 1 is 1.17 bits per heavy atom. The third-order valence-corrected chi connectivity index (χ3v) is 4.51. The van der Waals surface area contributed by atoms with Gasteiger partial charge in [0.1, 0.15) is 0 Å². The summed E-state index contributed by atoms with van der Waals surface area (Å²) in [7, 11) is 0. The first-order valence-corrected chi connectivity index (χ1v) is 8.25. The van der Waals surface area contributed by atoms with Crippen molar-refractivity contribution in [1.29, 1.82) is 0 Å². The van der Waals surface area contributed by atoms with E-state index in [2.05, 4.69) is 10.6 Å². The molecule has 0 unspecified atom stereocenters. The zero-order valence-corrected chi connectivity index (χ0v) is 13.2. The molecule has 1 aliphatic heterocycles. The SMILES string of the molecule is O=C(NC1CC1)N[C@@H](c1cccc(C(F)(F)F)c1)C1CCOCC1. The van der Waals surface area contributed by atoms with E-state index in [4.69, 9.17) is 4.74 Å². The summed E-state index contributed by atoms with van der Waals surface area (Å²) in [5.41, 5.74) is -0.205. The molecule has 1 saturated carbocycles. The third-order valence-electron chi connectivity index (χ3n) is 4.51. The van der Waals surface area contributed by atoms with E-state index >= 15 is 0 Å². The molecule has 2 fully saturated rings. The first kappa shape index (κ1) is 17.1. The number of carbonyl (C=O) groups is 1. The van der Waals surface area contributed by atoms with Gasteiger partial charge in [-0.3, -0.25) is 0 Å². The minimum Gasteiger partial charge on any atom is -0.381 e. The highest BCUT2D eigenvalue weighted by Crippen LogP contribution is 2.34. The van der Waals surface area contributed by atoms with Gasteiger partial charge in [-0.15, -0.1) is 0 Å². The lowest BCUT2D eigenvalue weighted by Gasteiger charge is -2.31. The maximum absolute atomic E-state index is 13.0. The number of nitrogens with one attached hydrogen (secondary N) is 2. The fourth-order valence-corrected chi connectivity index (χ4v) is 3.03. The summed E-state index contributed by atoms with van der Waals surface area (Å²) in [5, 5.41) is 5.71. The maximum Gasteiger partial charge on any atom is 0.416 e. The summed E-state index contributed by atoms with van der Waals surface area (Å²) in [6.45, 7) is 1.12. The number of ether oxygens (including phenoxy) is 1. The van der Waals surface area contributed by atoms with E-state index < -0.39 is 17.8 Å². The highest BCUT2D eigenvalue weighted by Gasteiger charge is 2.33. The monoisotopic (exact) mass is 342 g/mol. The van der Waals surface area contributed by atoms with Gasteiger partial charge in [0, 0.05) is 19.3 Å². The second-order valence-corrected chi connectivity index (χ2v) is 6.44. The predicted octanol–water partition coefficient (Wildman–Crippen LogP) is 3.63. The lowest BCUT2D eigenvalue weighted by Crippen LogP contribution is -2.42. The predicted molar refractivity (Wildman–Crippen MR) is 82.4 cm³/mol. The van der Waals surface area contributed by atoms with E-state index in [1.54, 1.807) is 6.07 Å². The Hall–Kier alpha value is -1.76. The number of benzene rings is 1. The lowest BCUT2D eigenvalue weighted by atomic mass is 9.86. The van der Waals surface area contributed by atoms with Crippen LogP contribution in [0.25, 0.3) is 0 Å². The van der Waals surface area contributed by atoms with Crippen molar-refractivity contribution in [2.24, 2.45) is 5.92 Å². The Kier molecular flexibility index (Phi) is 4.99. The van der Waals surface area contributed by atoms with E-state index in [0.29, 0.717) is 31.6 Å². The maximum atomic E-state index is 13.0. The fraction of sp³-hybridized carbons (Fsp3) is 0.588.